The Kier molecular flexibility index (Phi) is 35.5. The van der Waals surface area contributed by atoms with Crippen molar-refractivity contribution in [1.82, 2.24) is 0 Å². The Bertz CT molecular complexity index is 1100. The summed E-state index contributed by atoms with van der Waals surface area (Å²) in [4.78, 5) is 0. The molecule has 0 unspecified atom stereocenters. The monoisotopic (exact) mass is 795 g/mol. The van der Waals surface area contributed by atoms with Crippen molar-refractivity contribution in [3.63, 3.8) is 0 Å². The molecule has 0 saturated carbocycles. The second-order valence-corrected chi connectivity index (χ2v) is 13.2. The molecule has 0 aliphatic heterocycles. The van der Waals surface area contributed by atoms with E-state index in [9.17, 15) is 8.42 Å². The van der Waals surface area contributed by atoms with Gasteiger partial charge in [0.1, 0.15) is 12.4 Å². The average molecular weight is 796 g/mol. The summed E-state index contributed by atoms with van der Waals surface area (Å²) in [6, 6.07) is 6.51. The van der Waals surface area contributed by atoms with E-state index in [1.54, 1.807) is 0 Å². The van der Waals surface area contributed by atoms with E-state index in [0.717, 1.165) is 17.7 Å². The van der Waals surface area contributed by atoms with Gasteiger partial charge in [0, 0.05) is 5.56 Å². The molecule has 1 rings (SSSR count). The van der Waals surface area contributed by atoms with E-state index >= 15 is 0 Å². The normalized spacial score (nSPS) is 12.0. The molecule has 1 aromatic carbocycles. The van der Waals surface area contributed by atoms with Crippen LogP contribution in [0.1, 0.15) is 69.9 Å². The van der Waals surface area contributed by atoms with E-state index in [-0.39, 0.29) is 19.8 Å². The molecule has 0 atom stereocenters. The second kappa shape index (κ2) is 38.1. The minimum Gasteiger partial charge on any atom is -0.491 e. The van der Waals surface area contributed by atoms with Crippen LogP contribution in [0, 0.1) is 0 Å². The van der Waals surface area contributed by atoms with Crippen molar-refractivity contribution >= 4 is 16.5 Å². The maximum Gasteiger partial charge on any atom is 0.415 e. The van der Waals surface area contributed by atoms with Gasteiger partial charge in [-0.1, -0.05) is 63.7 Å². The van der Waals surface area contributed by atoms with Crippen molar-refractivity contribution in [3.8, 4) is 5.75 Å². The van der Waals surface area contributed by atoms with Gasteiger partial charge in [0.25, 0.3) is 0 Å². The molecule has 0 spiro atoms. The summed E-state index contributed by atoms with van der Waals surface area (Å²) in [7, 11) is -4.14. The Morgan fingerprint density at radius 1 is 0.537 bits per heavy atom. The summed E-state index contributed by atoms with van der Waals surface area (Å²) in [5.74, 6) is 5.42. The minimum absolute atomic E-state index is 0.0621. The molecular formula is C38H69NO14S. The molecule has 0 saturated heterocycles. The molecule has 316 valence electrons. The van der Waals surface area contributed by atoms with Crippen LogP contribution in [0.25, 0.3) is 6.08 Å². The zero-order chi connectivity index (χ0) is 39.1. The Morgan fingerprint density at radius 3 is 1.33 bits per heavy atom. The van der Waals surface area contributed by atoms with Gasteiger partial charge >= 0.3 is 10.4 Å². The lowest BCUT2D eigenvalue weighted by molar-refractivity contribution is -0.0257. The van der Waals surface area contributed by atoms with E-state index in [4.69, 9.17) is 47.4 Å². The third-order valence-electron chi connectivity index (χ3n) is 7.52. The molecular weight excluding hydrogens is 726 g/mol. The Labute approximate surface area is 324 Å². The van der Waals surface area contributed by atoms with Crippen molar-refractivity contribution in [3.05, 3.63) is 35.4 Å². The van der Waals surface area contributed by atoms with Gasteiger partial charge < -0.3 is 47.4 Å². The molecule has 0 heterocycles. The predicted molar refractivity (Wildman–Crippen MR) is 206 cm³/mol. The molecule has 0 fully saturated rings. The lowest BCUT2D eigenvalue weighted by Gasteiger charge is -2.12. The first kappa shape index (κ1) is 50.2. The lowest BCUT2D eigenvalue weighted by atomic mass is 10.0. The molecule has 0 aliphatic carbocycles. The molecule has 0 radical (unpaired) electrons. The lowest BCUT2D eigenvalue weighted by Crippen LogP contribution is -2.18. The topological polar surface area (TPSA) is 171 Å². The summed E-state index contributed by atoms with van der Waals surface area (Å²) in [6.45, 7) is 12.4. The maximum absolute atomic E-state index is 10.8. The summed E-state index contributed by atoms with van der Waals surface area (Å²) in [5, 5.41) is 0. The van der Waals surface area contributed by atoms with Crippen molar-refractivity contribution in [1.29, 1.82) is 0 Å². The van der Waals surface area contributed by atoms with E-state index in [1.807, 2.05) is 13.0 Å². The first-order valence-electron chi connectivity index (χ1n) is 19.4. The molecule has 0 aromatic heterocycles. The fourth-order valence-electron chi connectivity index (χ4n) is 4.78. The zero-order valence-electron chi connectivity index (χ0n) is 32.9. The van der Waals surface area contributed by atoms with Crippen molar-refractivity contribution < 1.29 is 64.3 Å². The Hall–Kier alpha value is -1.77. The highest BCUT2D eigenvalue weighted by molar-refractivity contribution is 7.81. The largest absolute Gasteiger partial charge is 0.491 e. The quantitative estimate of drug-likeness (QED) is 0.0714. The number of nitrogens with two attached hydrogens (primary N) is 1. The van der Waals surface area contributed by atoms with E-state index in [1.165, 1.54) is 50.5 Å². The fraction of sp³-hybridized carbons (Fsp3) is 0.789. The fourth-order valence-corrected chi connectivity index (χ4v) is 5.10. The molecule has 16 heteroatoms. The number of allylic oxidation sites excluding steroid dienone is 1. The minimum atomic E-state index is -4.14. The van der Waals surface area contributed by atoms with Crippen LogP contribution >= 0.6 is 0 Å². The van der Waals surface area contributed by atoms with Gasteiger partial charge in [-0.05, 0) is 37.5 Å². The van der Waals surface area contributed by atoms with Crippen LogP contribution in [0.2, 0.25) is 0 Å². The molecule has 54 heavy (non-hydrogen) atoms. The van der Waals surface area contributed by atoms with Crippen LogP contribution in [0.3, 0.4) is 0 Å². The van der Waals surface area contributed by atoms with Crippen molar-refractivity contribution in [2.45, 2.75) is 65.2 Å². The maximum atomic E-state index is 10.8. The van der Waals surface area contributed by atoms with Crippen LogP contribution in [0.4, 0.5) is 0 Å². The first-order chi connectivity index (χ1) is 26.5. The van der Waals surface area contributed by atoms with Gasteiger partial charge in [0.2, 0.25) is 0 Å². The zero-order valence-corrected chi connectivity index (χ0v) is 33.7. The molecule has 2 N–H and O–H groups in total. The van der Waals surface area contributed by atoms with Gasteiger partial charge in [0.15, 0.2) is 0 Å². The molecule has 0 amide bonds. The molecule has 0 bridgehead atoms. The number of ether oxygens (including phenoxy) is 10. The molecule has 15 nitrogen and oxygen atoms in total. The van der Waals surface area contributed by atoms with E-state index in [2.05, 4.69) is 45.6 Å². The SMILES string of the molecule is C/C=C\c1cc(CCCCCCCCC)ccc1OCCOCCOCCOCCOCCOCCOCCOCCOCCOCCOS(=O)(=O)ON. The second-order valence-electron chi connectivity index (χ2n) is 11.9. The van der Waals surface area contributed by atoms with Gasteiger partial charge in [-0.3, -0.25) is 0 Å². The predicted octanol–water partition coefficient (Wildman–Crippen LogP) is 4.69. The van der Waals surface area contributed by atoms with Gasteiger partial charge in [-0.25, -0.2) is 4.18 Å². The number of hydrogen-bond acceptors (Lipinski definition) is 15. The third-order valence-corrected chi connectivity index (χ3v) is 8.21. The number of hydrogen-bond donors (Lipinski definition) is 1. The van der Waals surface area contributed by atoms with Gasteiger partial charge in [-0.15, -0.1) is 0 Å². The highest BCUT2D eigenvalue weighted by Gasteiger charge is 2.09. The number of aryl methyl sites for hydroxylation is 1. The summed E-state index contributed by atoms with van der Waals surface area (Å²) >= 11 is 0. The van der Waals surface area contributed by atoms with Crippen LogP contribution < -0.4 is 10.6 Å². The number of unbranched alkanes of at least 4 members (excludes halogenated alkanes) is 6. The van der Waals surface area contributed by atoms with Crippen LogP contribution in [-0.2, 0) is 67.9 Å². The molecule has 0 aliphatic rings. The van der Waals surface area contributed by atoms with Gasteiger partial charge in [-0.2, -0.15) is 18.6 Å². The van der Waals surface area contributed by atoms with Crippen molar-refractivity contribution in [2.75, 3.05) is 132 Å². The average Bonchev–Trinajstić information content (AvgIpc) is 3.17. The Morgan fingerprint density at radius 2 is 0.926 bits per heavy atom. The van der Waals surface area contributed by atoms with Crippen molar-refractivity contribution in [2.24, 2.45) is 5.90 Å². The van der Waals surface area contributed by atoms with Crippen LogP contribution in [-0.4, -0.2) is 141 Å². The summed E-state index contributed by atoms with van der Waals surface area (Å²) in [5.41, 5.74) is 2.48. The Balaban J connectivity index is 1.81. The summed E-state index contributed by atoms with van der Waals surface area (Å²) in [6.07, 6.45) is 14.5. The highest BCUT2D eigenvalue weighted by atomic mass is 32.3. The van der Waals surface area contributed by atoms with E-state index < -0.39 is 10.4 Å². The van der Waals surface area contributed by atoms with Crippen LogP contribution in [0.15, 0.2) is 24.3 Å². The molecule has 1 aromatic rings. The third kappa shape index (κ3) is 32.5. The summed E-state index contributed by atoms with van der Waals surface area (Å²) < 4.78 is 84.8. The standard InChI is InChI=1S/C38H69NO14S/c1-3-5-6-7-8-9-10-12-36-13-14-38(37(35-36)11-4-2)51-33-31-49-29-27-47-25-23-45-21-19-43-17-15-42-16-18-44-20-22-46-24-26-48-28-30-50-32-34-52-54(40,41)53-39/h4,11,13-14,35H,3,5-10,12,15-34,39H2,1-2H3/b11-4-. The van der Waals surface area contributed by atoms with E-state index in [0.29, 0.717) is 112 Å². The smallest absolute Gasteiger partial charge is 0.415 e. The number of benzene rings is 1. The first-order valence-corrected chi connectivity index (χ1v) is 20.7. The van der Waals surface area contributed by atoms with Gasteiger partial charge in [0.05, 0.1) is 126 Å². The van der Waals surface area contributed by atoms with Crippen LogP contribution in [0.5, 0.6) is 5.75 Å². The number of rotatable bonds is 42. The highest BCUT2D eigenvalue weighted by Crippen LogP contribution is 2.23.